The fourth-order valence-corrected chi connectivity index (χ4v) is 3.81. The fourth-order valence-electron chi connectivity index (χ4n) is 2.52. The van der Waals surface area contributed by atoms with E-state index < -0.39 is 21.0 Å². The molecule has 0 radical (unpaired) electrons. The molecule has 0 aromatic heterocycles. The summed E-state index contributed by atoms with van der Waals surface area (Å²) >= 11 is 0. The van der Waals surface area contributed by atoms with E-state index in [0.29, 0.717) is 5.69 Å². The zero-order valence-electron chi connectivity index (χ0n) is 13.1. The van der Waals surface area contributed by atoms with Crippen molar-refractivity contribution >= 4 is 32.2 Å². The minimum absolute atomic E-state index is 0.144. The first kappa shape index (κ1) is 16.2. The van der Waals surface area contributed by atoms with Gasteiger partial charge < -0.3 is 5.32 Å². The number of benzene rings is 3. The standard InChI is InChI=1S/C19H17NO3S/c1-14(24(22,23)16-10-3-2-4-11-16)19(21)20-18-13-7-9-15-8-5-6-12-17(15)18/h2-14H,1H3,(H,20,21). The van der Waals surface area contributed by atoms with E-state index in [1.54, 1.807) is 24.3 Å². The topological polar surface area (TPSA) is 63.2 Å². The van der Waals surface area contributed by atoms with Crippen molar-refractivity contribution in [2.24, 2.45) is 0 Å². The minimum atomic E-state index is -3.72. The molecule has 1 amide bonds. The fraction of sp³-hybridized carbons (Fsp3) is 0.105. The molecule has 4 nitrogen and oxygen atoms in total. The SMILES string of the molecule is CC(C(=O)Nc1cccc2ccccc12)S(=O)(=O)c1ccccc1. The molecule has 5 heteroatoms. The molecule has 3 aromatic carbocycles. The average molecular weight is 339 g/mol. The summed E-state index contributed by atoms with van der Waals surface area (Å²) in [5.41, 5.74) is 0.605. The molecule has 3 aromatic rings. The molecular weight excluding hydrogens is 322 g/mol. The van der Waals surface area contributed by atoms with E-state index in [0.717, 1.165) is 10.8 Å². The van der Waals surface area contributed by atoms with Crippen molar-refractivity contribution in [2.45, 2.75) is 17.1 Å². The second-order valence-corrected chi connectivity index (χ2v) is 7.78. The van der Waals surface area contributed by atoms with Crippen molar-refractivity contribution in [3.05, 3.63) is 72.8 Å². The summed E-state index contributed by atoms with van der Waals surface area (Å²) in [6.45, 7) is 1.41. The van der Waals surface area contributed by atoms with Crippen LogP contribution in [0, 0.1) is 0 Å². The molecule has 0 heterocycles. The molecule has 0 aliphatic rings. The number of sulfone groups is 1. The lowest BCUT2D eigenvalue weighted by molar-refractivity contribution is -0.115. The molecule has 0 aliphatic carbocycles. The summed E-state index contributed by atoms with van der Waals surface area (Å²) in [4.78, 5) is 12.6. The van der Waals surface area contributed by atoms with E-state index in [1.807, 2.05) is 36.4 Å². The molecule has 0 saturated heterocycles. The van der Waals surface area contributed by atoms with Gasteiger partial charge in [0.25, 0.3) is 0 Å². The van der Waals surface area contributed by atoms with Crippen molar-refractivity contribution in [1.29, 1.82) is 0 Å². The van der Waals surface area contributed by atoms with Crippen molar-refractivity contribution in [3.8, 4) is 0 Å². The molecular formula is C19H17NO3S. The molecule has 24 heavy (non-hydrogen) atoms. The van der Waals surface area contributed by atoms with E-state index in [-0.39, 0.29) is 4.90 Å². The Morgan fingerprint density at radius 2 is 1.50 bits per heavy atom. The van der Waals surface area contributed by atoms with Crippen LogP contribution in [0.5, 0.6) is 0 Å². The van der Waals surface area contributed by atoms with Crippen LogP contribution in [0.15, 0.2) is 77.7 Å². The van der Waals surface area contributed by atoms with Crippen molar-refractivity contribution in [2.75, 3.05) is 5.32 Å². The Hall–Kier alpha value is -2.66. The molecule has 0 fully saturated rings. The Kier molecular flexibility index (Phi) is 4.36. The summed E-state index contributed by atoms with van der Waals surface area (Å²) < 4.78 is 25.1. The first-order valence-electron chi connectivity index (χ1n) is 7.58. The van der Waals surface area contributed by atoms with E-state index in [9.17, 15) is 13.2 Å². The van der Waals surface area contributed by atoms with E-state index in [4.69, 9.17) is 0 Å². The maximum atomic E-state index is 12.6. The van der Waals surface area contributed by atoms with Gasteiger partial charge in [0.1, 0.15) is 5.25 Å². The minimum Gasteiger partial charge on any atom is -0.324 e. The van der Waals surface area contributed by atoms with Crippen LogP contribution in [0.1, 0.15) is 6.92 Å². The van der Waals surface area contributed by atoms with Crippen LogP contribution in [0.3, 0.4) is 0 Å². The summed E-state index contributed by atoms with van der Waals surface area (Å²) in [5.74, 6) is -0.546. The molecule has 3 rings (SSSR count). The van der Waals surface area contributed by atoms with Crippen LogP contribution < -0.4 is 5.32 Å². The first-order valence-corrected chi connectivity index (χ1v) is 9.12. The summed E-state index contributed by atoms with van der Waals surface area (Å²) in [6.07, 6.45) is 0. The quantitative estimate of drug-likeness (QED) is 0.789. The van der Waals surface area contributed by atoms with Crippen LogP contribution >= 0.6 is 0 Å². The molecule has 1 atom stereocenters. The maximum Gasteiger partial charge on any atom is 0.242 e. The zero-order valence-corrected chi connectivity index (χ0v) is 14.0. The Morgan fingerprint density at radius 3 is 2.25 bits per heavy atom. The Morgan fingerprint density at radius 1 is 0.875 bits per heavy atom. The number of hydrogen-bond donors (Lipinski definition) is 1. The number of nitrogens with one attached hydrogen (secondary N) is 1. The third kappa shape index (κ3) is 3.03. The number of rotatable bonds is 4. The monoisotopic (exact) mass is 339 g/mol. The van der Waals surface area contributed by atoms with Crippen molar-refractivity contribution in [1.82, 2.24) is 0 Å². The lowest BCUT2D eigenvalue weighted by Crippen LogP contribution is -2.32. The van der Waals surface area contributed by atoms with Gasteiger partial charge in [-0.05, 0) is 30.5 Å². The van der Waals surface area contributed by atoms with Gasteiger partial charge in [0.05, 0.1) is 4.90 Å². The van der Waals surface area contributed by atoms with Gasteiger partial charge >= 0.3 is 0 Å². The number of carbonyl (C=O) groups excluding carboxylic acids is 1. The highest BCUT2D eigenvalue weighted by atomic mass is 32.2. The van der Waals surface area contributed by atoms with Crippen LogP contribution in [0.4, 0.5) is 5.69 Å². The maximum absolute atomic E-state index is 12.6. The summed E-state index contributed by atoms with van der Waals surface area (Å²) in [5, 5.41) is 3.41. The number of amides is 1. The molecule has 0 saturated carbocycles. The van der Waals surface area contributed by atoms with Crippen LogP contribution in [0.25, 0.3) is 10.8 Å². The zero-order chi connectivity index (χ0) is 17.2. The lowest BCUT2D eigenvalue weighted by Gasteiger charge is -2.14. The van der Waals surface area contributed by atoms with Gasteiger partial charge in [-0.25, -0.2) is 8.42 Å². The molecule has 1 unspecified atom stereocenters. The predicted octanol–water partition coefficient (Wildman–Crippen LogP) is 3.64. The Labute approximate surface area is 141 Å². The van der Waals surface area contributed by atoms with Gasteiger partial charge in [-0.2, -0.15) is 0 Å². The van der Waals surface area contributed by atoms with E-state index >= 15 is 0 Å². The average Bonchev–Trinajstić information content (AvgIpc) is 2.62. The van der Waals surface area contributed by atoms with Crippen LogP contribution in [-0.2, 0) is 14.6 Å². The number of hydrogen-bond acceptors (Lipinski definition) is 3. The largest absolute Gasteiger partial charge is 0.324 e. The molecule has 0 bridgehead atoms. The van der Waals surface area contributed by atoms with Gasteiger partial charge in [-0.3, -0.25) is 4.79 Å². The van der Waals surface area contributed by atoms with Crippen LogP contribution in [-0.4, -0.2) is 19.6 Å². The number of anilines is 1. The highest BCUT2D eigenvalue weighted by molar-refractivity contribution is 7.92. The van der Waals surface area contributed by atoms with Crippen molar-refractivity contribution < 1.29 is 13.2 Å². The number of carbonyl (C=O) groups is 1. The second-order valence-electron chi connectivity index (χ2n) is 5.52. The Bertz CT molecular complexity index is 976. The molecule has 122 valence electrons. The highest BCUT2D eigenvalue weighted by Crippen LogP contribution is 2.24. The predicted molar refractivity (Wildman–Crippen MR) is 95.7 cm³/mol. The van der Waals surface area contributed by atoms with Gasteiger partial charge in [0.15, 0.2) is 9.84 Å². The van der Waals surface area contributed by atoms with Gasteiger partial charge in [-0.1, -0.05) is 54.6 Å². The van der Waals surface area contributed by atoms with Crippen molar-refractivity contribution in [3.63, 3.8) is 0 Å². The van der Waals surface area contributed by atoms with E-state index in [2.05, 4.69) is 5.32 Å². The molecule has 0 spiro atoms. The van der Waals surface area contributed by atoms with Crippen LogP contribution in [0.2, 0.25) is 0 Å². The third-order valence-corrected chi connectivity index (χ3v) is 6.03. The summed E-state index contributed by atoms with van der Waals surface area (Å²) in [7, 11) is -3.72. The molecule has 1 N–H and O–H groups in total. The third-order valence-electron chi connectivity index (χ3n) is 3.95. The van der Waals surface area contributed by atoms with Gasteiger partial charge in [0, 0.05) is 11.1 Å². The van der Waals surface area contributed by atoms with E-state index in [1.165, 1.54) is 19.1 Å². The second kappa shape index (κ2) is 6.45. The smallest absolute Gasteiger partial charge is 0.242 e. The normalized spacial score (nSPS) is 12.7. The molecule has 0 aliphatic heterocycles. The first-order chi connectivity index (χ1) is 11.5. The Balaban J connectivity index is 1.89. The summed E-state index contributed by atoms with van der Waals surface area (Å²) in [6, 6.07) is 21.2. The lowest BCUT2D eigenvalue weighted by atomic mass is 10.1. The van der Waals surface area contributed by atoms with Gasteiger partial charge in [0.2, 0.25) is 5.91 Å². The highest BCUT2D eigenvalue weighted by Gasteiger charge is 2.29. The number of fused-ring (bicyclic) bond motifs is 1. The van der Waals surface area contributed by atoms with Gasteiger partial charge in [-0.15, -0.1) is 0 Å².